The van der Waals surface area contributed by atoms with Gasteiger partial charge in [0.15, 0.2) is 0 Å². The molecule has 1 atom stereocenters. The van der Waals surface area contributed by atoms with Crippen LogP contribution in [0.2, 0.25) is 0 Å². The van der Waals surface area contributed by atoms with E-state index in [2.05, 4.69) is 5.32 Å². The molecule has 0 aliphatic carbocycles. The molecule has 0 heterocycles. The molecular formula is C13H20N2O3. The molecule has 0 aromatic heterocycles. The van der Waals surface area contributed by atoms with Crippen LogP contribution < -0.4 is 10.1 Å². The van der Waals surface area contributed by atoms with Crippen molar-refractivity contribution < 1.29 is 14.6 Å². The van der Waals surface area contributed by atoms with Crippen molar-refractivity contribution in [1.82, 2.24) is 4.90 Å². The van der Waals surface area contributed by atoms with E-state index in [-0.39, 0.29) is 25.1 Å². The number of nitrogens with zero attached hydrogens (tertiary/aromatic N) is 1. The summed E-state index contributed by atoms with van der Waals surface area (Å²) in [7, 11) is 3.38. The average molecular weight is 252 g/mol. The molecule has 0 saturated carbocycles. The maximum atomic E-state index is 11.8. The molecule has 1 aromatic carbocycles. The highest BCUT2D eigenvalue weighted by atomic mass is 16.5. The number of ether oxygens (including phenoxy) is 1. The maximum absolute atomic E-state index is 11.8. The van der Waals surface area contributed by atoms with Gasteiger partial charge in [-0.2, -0.15) is 0 Å². The van der Waals surface area contributed by atoms with Crippen molar-refractivity contribution in [2.24, 2.45) is 0 Å². The number of aliphatic hydroxyl groups excluding tert-OH is 1. The van der Waals surface area contributed by atoms with E-state index in [0.717, 1.165) is 0 Å². The first-order valence-electron chi connectivity index (χ1n) is 5.81. The van der Waals surface area contributed by atoms with Crippen molar-refractivity contribution in [3.05, 3.63) is 24.3 Å². The van der Waals surface area contributed by atoms with Crippen molar-refractivity contribution in [3.8, 4) is 5.75 Å². The monoisotopic (exact) mass is 252 g/mol. The summed E-state index contributed by atoms with van der Waals surface area (Å²) in [6.07, 6.45) is 0. The standard InChI is InChI=1S/C13H20N2O3/c1-10(9-16)15(2)8-13(17)14-11-5-4-6-12(7-11)18-3/h4-7,10,16H,8-9H2,1-3H3,(H,14,17). The number of carbonyl (C=O) groups is 1. The van der Waals surface area contributed by atoms with Crippen molar-refractivity contribution in [1.29, 1.82) is 0 Å². The smallest absolute Gasteiger partial charge is 0.238 e. The molecule has 0 spiro atoms. The van der Waals surface area contributed by atoms with Crippen LogP contribution in [0.15, 0.2) is 24.3 Å². The average Bonchev–Trinajstić information content (AvgIpc) is 2.37. The minimum Gasteiger partial charge on any atom is -0.497 e. The number of carbonyl (C=O) groups excluding carboxylic acids is 1. The quantitative estimate of drug-likeness (QED) is 0.791. The normalized spacial score (nSPS) is 12.3. The second kappa shape index (κ2) is 6.98. The molecule has 5 nitrogen and oxygen atoms in total. The fraction of sp³-hybridized carbons (Fsp3) is 0.462. The Kier molecular flexibility index (Phi) is 5.61. The summed E-state index contributed by atoms with van der Waals surface area (Å²) in [5.41, 5.74) is 0.699. The molecule has 0 aliphatic rings. The molecule has 2 N–H and O–H groups in total. The van der Waals surface area contributed by atoms with Crippen LogP contribution in [0.5, 0.6) is 5.75 Å². The highest BCUT2D eigenvalue weighted by Gasteiger charge is 2.12. The van der Waals surface area contributed by atoms with Crippen molar-refractivity contribution in [3.63, 3.8) is 0 Å². The van der Waals surface area contributed by atoms with Crippen LogP contribution in [-0.4, -0.2) is 49.3 Å². The SMILES string of the molecule is COc1cccc(NC(=O)CN(C)C(C)CO)c1. The molecule has 5 heteroatoms. The van der Waals surface area contributed by atoms with E-state index in [1.807, 2.05) is 19.1 Å². The third kappa shape index (κ3) is 4.35. The van der Waals surface area contributed by atoms with Gasteiger partial charge in [-0.15, -0.1) is 0 Å². The van der Waals surface area contributed by atoms with Gasteiger partial charge in [-0.3, -0.25) is 9.69 Å². The van der Waals surface area contributed by atoms with Gasteiger partial charge in [0.05, 0.1) is 20.3 Å². The Morgan fingerprint density at radius 3 is 2.89 bits per heavy atom. The van der Waals surface area contributed by atoms with E-state index < -0.39 is 0 Å². The fourth-order valence-corrected chi connectivity index (χ4v) is 1.42. The zero-order valence-corrected chi connectivity index (χ0v) is 11.0. The third-order valence-corrected chi connectivity index (χ3v) is 2.76. The number of benzene rings is 1. The lowest BCUT2D eigenvalue weighted by Gasteiger charge is -2.21. The summed E-state index contributed by atoms with van der Waals surface area (Å²) in [5, 5.41) is 11.8. The highest BCUT2D eigenvalue weighted by molar-refractivity contribution is 5.92. The third-order valence-electron chi connectivity index (χ3n) is 2.76. The lowest BCUT2D eigenvalue weighted by atomic mass is 10.3. The van der Waals surface area contributed by atoms with Crippen molar-refractivity contribution in [2.45, 2.75) is 13.0 Å². The van der Waals surface area contributed by atoms with Crippen molar-refractivity contribution >= 4 is 11.6 Å². The molecule has 0 aliphatic heterocycles. The van der Waals surface area contributed by atoms with Crippen LogP contribution in [0.4, 0.5) is 5.69 Å². The number of hydrogen-bond donors (Lipinski definition) is 2. The van der Waals surface area contributed by atoms with Gasteiger partial charge in [0.2, 0.25) is 5.91 Å². The predicted molar refractivity (Wildman–Crippen MR) is 70.8 cm³/mol. The lowest BCUT2D eigenvalue weighted by molar-refractivity contribution is -0.117. The highest BCUT2D eigenvalue weighted by Crippen LogP contribution is 2.16. The number of methoxy groups -OCH3 is 1. The Morgan fingerprint density at radius 2 is 2.28 bits per heavy atom. The Bertz CT molecular complexity index is 396. The Hall–Kier alpha value is -1.59. The second-order valence-corrected chi connectivity index (χ2v) is 4.23. The number of nitrogens with one attached hydrogen (secondary N) is 1. The number of likely N-dealkylation sites (N-methyl/N-ethyl adjacent to an activating group) is 1. The maximum Gasteiger partial charge on any atom is 0.238 e. The molecule has 0 fully saturated rings. The minimum absolute atomic E-state index is 0.0307. The molecule has 0 saturated heterocycles. The first-order valence-corrected chi connectivity index (χ1v) is 5.81. The van der Waals surface area contributed by atoms with E-state index in [1.54, 1.807) is 31.2 Å². The van der Waals surface area contributed by atoms with E-state index in [0.29, 0.717) is 11.4 Å². The van der Waals surface area contributed by atoms with Gasteiger partial charge in [0.25, 0.3) is 0 Å². The van der Waals surface area contributed by atoms with Gasteiger partial charge in [0, 0.05) is 17.8 Å². The fourth-order valence-electron chi connectivity index (χ4n) is 1.42. The molecule has 0 bridgehead atoms. The van der Waals surface area contributed by atoms with Crippen LogP contribution in [-0.2, 0) is 4.79 Å². The first-order chi connectivity index (χ1) is 8.56. The van der Waals surface area contributed by atoms with E-state index >= 15 is 0 Å². The molecule has 1 unspecified atom stereocenters. The van der Waals surface area contributed by atoms with E-state index in [4.69, 9.17) is 9.84 Å². The summed E-state index contributed by atoms with van der Waals surface area (Å²) < 4.78 is 5.08. The summed E-state index contributed by atoms with van der Waals surface area (Å²) in [6, 6.07) is 7.15. The van der Waals surface area contributed by atoms with Gasteiger partial charge >= 0.3 is 0 Å². The molecule has 18 heavy (non-hydrogen) atoms. The molecule has 1 rings (SSSR count). The van der Waals surface area contributed by atoms with Crippen LogP contribution in [0.3, 0.4) is 0 Å². The van der Waals surface area contributed by atoms with Gasteiger partial charge < -0.3 is 15.2 Å². The Balaban J connectivity index is 2.53. The van der Waals surface area contributed by atoms with E-state index in [9.17, 15) is 4.79 Å². The molecule has 100 valence electrons. The van der Waals surface area contributed by atoms with E-state index in [1.165, 1.54) is 0 Å². The van der Waals surface area contributed by atoms with Crippen LogP contribution in [0.25, 0.3) is 0 Å². The number of amides is 1. The topological polar surface area (TPSA) is 61.8 Å². The summed E-state index contributed by atoms with van der Waals surface area (Å²) in [5.74, 6) is 0.580. The van der Waals surface area contributed by atoms with Crippen molar-refractivity contribution in [2.75, 3.05) is 32.6 Å². The zero-order valence-electron chi connectivity index (χ0n) is 11.0. The first kappa shape index (κ1) is 14.5. The number of anilines is 1. The van der Waals surface area contributed by atoms with Crippen LogP contribution >= 0.6 is 0 Å². The van der Waals surface area contributed by atoms with Crippen LogP contribution in [0.1, 0.15) is 6.92 Å². The van der Waals surface area contributed by atoms with Gasteiger partial charge in [0.1, 0.15) is 5.75 Å². The Labute approximate surface area is 107 Å². The lowest BCUT2D eigenvalue weighted by Crippen LogP contribution is -2.38. The summed E-state index contributed by atoms with van der Waals surface area (Å²) >= 11 is 0. The molecule has 1 aromatic rings. The zero-order chi connectivity index (χ0) is 13.5. The molecular weight excluding hydrogens is 232 g/mol. The number of hydrogen-bond acceptors (Lipinski definition) is 4. The summed E-state index contributed by atoms with van der Waals surface area (Å²) in [4.78, 5) is 13.6. The number of rotatable bonds is 6. The minimum atomic E-state index is -0.119. The largest absolute Gasteiger partial charge is 0.497 e. The predicted octanol–water partition coefficient (Wildman–Crippen LogP) is 0.946. The van der Waals surface area contributed by atoms with Gasteiger partial charge in [-0.1, -0.05) is 6.07 Å². The molecule has 1 amide bonds. The van der Waals surface area contributed by atoms with Crippen LogP contribution in [0, 0.1) is 0 Å². The number of aliphatic hydroxyl groups is 1. The summed E-state index contributed by atoms with van der Waals surface area (Å²) in [6.45, 7) is 2.13. The Morgan fingerprint density at radius 1 is 1.56 bits per heavy atom. The van der Waals surface area contributed by atoms with Gasteiger partial charge in [-0.05, 0) is 26.1 Å². The second-order valence-electron chi connectivity index (χ2n) is 4.23. The van der Waals surface area contributed by atoms with Gasteiger partial charge in [-0.25, -0.2) is 0 Å². The molecule has 0 radical (unpaired) electrons.